The van der Waals surface area contributed by atoms with Gasteiger partial charge in [-0.2, -0.15) is 0 Å². The van der Waals surface area contributed by atoms with Crippen LogP contribution in [0.4, 0.5) is 0 Å². The molecule has 6 nitrogen and oxygen atoms in total. The van der Waals surface area contributed by atoms with Crippen LogP contribution in [0.1, 0.15) is 0 Å². The standard InChI is InChI=1S/C8H10O6/c9-7(5-3-13-5)11-1-2-12-8(10)6-4-14-6/h5-6H,1-4H2. The summed E-state index contributed by atoms with van der Waals surface area (Å²) in [6.45, 7) is 0.984. The van der Waals surface area contributed by atoms with E-state index in [0.29, 0.717) is 13.2 Å². The van der Waals surface area contributed by atoms with Gasteiger partial charge in [-0.3, -0.25) is 0 Å². The Balaban J connectivity index is 1.49. The Kier molecular flexibility index (Phi) is 2.64. The van der Waals surface area contributed by atoms with Crippen LogP contribution in [0.5, 0.6) is 0 Å². The summed E-state index contributed by atoms with van der Waals surface area (Å²) in [4.78, 5) is 21.8. The van der Waals surface area contributed by atoms with Gasteiger partial charge in [0.2, 0.25) is 0 Å². The van der Waals surface area contributed by atoms with E-state index in [2.05, 4.69) is 0 Å². The molecule has 0 spiro atoms. The molecule has 14 heavy (non-hydrogen) atoms. The highest BCUT2D eigenvalue weighted by molar-refractivity contribution is 5.77. The van der Waals surface area contributed by atoms with Crippen molar-refractivity contribution in [3.8, 4) is 0 Å². The van der Waals surface area contributed by atoms with Gasteiger partial charge in [-0.15, -0.1) is 0 Å². The highest BCUT2D eigenvalue weighted by Gasteiger charge is 2.34. The van der Waals surface area contributed by atoms with Gasteiger partial charge >= 0.3 is 11.9 Å². The van der Waals surface area contributed by atoms with Crippen molar-refractivity contribution in [3.63, 3.8) is 0 Å². The maximum atomic E-state index is 10.9. The summed E-state index contributed by atoms with van der Waals surface area (Å²) in [6, 6.07) is 0. The third kappa shape index (κ3) is 2.68. The predicted molar refractivity (Wildman–Crippen MR) is 41.4 cm³/mol. The van der Waals surface area contributed by atoms with Crippen molar-refractivity contribution in [1.29, 1.82) is 0 Å². The molecule has 2 atom stereocenters. The fourth-order valence-electron chi connectivity index (χ4n) is 0.839. The normalized spacial score (nSPS) is 28.0. The number of hydrogen-bond acceptors (Lipinski definition) is 6. The Hall–Kier alpha value is -1.14. The zero-order valence-corrected chi connectivity index (χ0v) is 7.43. The van der Waals surface area contributed by atoms with E-state index in [1.807, 2.05) is 0 Å². The first-order valence-corrected chi connectivity index (χ1v) is 4.34. The van der Waals surface area contributed by atoms with Gasteiger partial charge in [0.25, 0.3) is 0 Å². The average Bonchev–Trinajstić information content (AvgIpc) is 3.06. The van der Waals surface area contributed by atoms with Crippen LogP contribution >= 0.6 is 0 Å². The van der Waals surface area contributed by atoms with Crippen LogP contribution in [0.15, 0.2) is 0 Å². The molecule has 2 unspecified atom stereocenters. The Morgan fingerprint density at radius 3 is 1.64 bits per heavy atom. The number of hydrogen-bond donors (Lipinski definition) is 0. The van der Waals surface area contributed by atoms with Crippen molar-refractivity contribution in [2.75, 3.05) is 26.4 Å². The molecule has 2 saturated heterocycles. The summed E-state index contributed by atoms with van der Waals surface area (Å²) in [5.74, 6) is -0.799. The van der Waals surface area contributed by atoms with Gasteiger partial charge in [-0.05, 0) is 0 Å². The molecule has 0 aliphatic carbocycles. The fraction of sp³-hybridized carbons (Fsp3) is 0.750. The Bertz CT molecular complexity index is 216. The number of ether oxygens (including phenoxy) is 4. The lowest BCUT2D eigenvalue weighted by molar-refractivity contribution is -0.153. The second-order valence-corrected chi connectivity index (χ2v) is 2.98. The maximum absolute atomic E-state index is 10.9. The van der Waals surface area contributed by atoms with Crippen LogP contribution in [0.3, 0.4) is 0 Å². The molecule has 78 valence electrons. The van der Waals surface area contributed by atoms with Crippen LogP contribution in [0, 0.1) is 0 Å². The number of carbonyl (C=O) groups excluding carboxylic acids is 2. The van der Waals surface area contributed by atoms with Crippen molar-refractivity contribution in [2.24, 2.45) is 0 Å². The van der Waals surface area contributed by atoms with Gasteiger partial charge in [0, 0.05) is 0 Å². The molecule has 2 fully saturated rings. The first kappa shape index (κ1) is 9.42. The molecule has 2 heterocycles. The minimum Gasteiger partial charge on any atom is -0.460 e. The maximum Gasteiger partial charge on any atom is 0.337 e. The van der Waals surface area contributed by atoms with E-state index in [-0.39, 0.29) is 13.2 Å². The molecule has 0 aromatic carbocycles. The molecule has 0 aromatic heterocycles. The van der Waals surface area contributed by atoms with Crippen LogP contribution in [0.25, 0.3) is 0 Å². The van der Waals surface area contributed by atoms with Gasteiger partial charge in [-0.25, -0.2) is 9.59 Å². The second-order valence-electron chi connectivity index (χ2n) is 2.98. The molecule has 2 rings (SSSR count). The molecule has 0 bridgehead atoms. The van der Waals surface area contributed by atoms with E-state index in [1.54, 1.807) is 0 Å². The quantitative estimate of drug-likeness (QED) is 0.319. The molecule has 0 amide bonds. The minimum atomic E-state index is -0.405. The van der Waals surface area contributed by atoms with E-state index < -0.39 is 24.1 Å². The number of carbonyl (C=O) groups is 2. The summed E-state index contributed by atoms with van der Waals surface area (Å²) < 4.78 is 18.9. The van der Waals surface area contributed by atoms with E-state index in [9.17, 15) is 9.59 Å². The molecular weight excluding hydrogens is 192 g/mol. The number of rotatable bonds is 5. The molecule has 0 radical (unpaired) electrons. The van der Waals surface area contributed by atoms with Gasteiger partial charge in [0.15, 0.2) is 12.2 Å². The summed E-state index contributed by atoms with van der Waals surface area (Å²) in [5.41, 5.74) is 0. The summed E-state index contributed by atoms with van der Waals surface area (Å²) in [5, 5.41) is 0. The lowest BCUT2D eigenvalue weighted by atomic mass is 10.5. The van der Waals surface area contributed by atoms with Crippen LogP contribution in [-0.4, -0.2) is 50.6 Å². The largest absolute Gasteiger partial charge is 0.460 e. The highest BCUT2D eigenvalue weighted by atomic mass is 16.6. The van der Waals surface area contributed by atoms with Gasteiger partial charge < -0.3 is 18.9 Å². The third-order valence-electron chi connectivity index (χ3n) is 1.76. The van der Waals surface area contributed by atoms with Crippen LogP contribution in [-0.2, 0) is 28.5 Å². The van der Waals surface area contributed by atoms with Crippen molar-refractivity contribution in [3.05, 3.63) is 0 Å². The lowest BCUT2D eigenvalue weighted by Gasteiger charge is -2.03. The SMILES string of the molecule is O=C(OCCOC(=O)C1CO1)C1CO1. The Labute approximate surface area is 80.1 Å². The van der Waals surface area contributed by atoms with Crippen molar-refractivity contribution in [2.45, 2.75) is 12.2 Å². The van der Waals surface area contributed by atoms with E-state index >= 15 is 0 Å². The van der Waals surface area contributed by atoms with E-state index in [4.69, 9.17) is 18.9 Å². The molecule has 0 N–H and O–H groups in total. The van der Waals surface area contributed by atoms with Gasteiger partial charge in [0.05, 0.1) is 13.2 Å². The fourth-order valence-corrected chi connectivity index (χ4v) is 0.839. The molecular formula is C8H10O6. The van der Waals surface area contributed by atoms with Crippen LogP contribution in [0.2, 0.25) is 0 Å². The highest BCUT2D eigenvalue weighted by Crippen LogP contribution is 2.11. The zero-order valence-electron chi connectivity index (χ0n) is 7.43. The molecule has 6 heteroatoms. The van der Waals surface area contributed by atoms with Crippen molar-refractivity contribution >= 4 is 11.9 Å². The van der Waals surface area contributed by atoms with Gasteiger partial charge in [0.1, 0.15) is 13.2 Å². The molecule has 0 saturated carbocycles. The average molecular weight is 202 g/mol. The predicted octanol–water partition coefficient (Wildman–Crippen LogP) is -1.13. The zero-order chi connectivity index (χ0) is 9.97. The summed E-state index contributed by atoms with van der Waals surface area (Å²) >= 11 is 0. The lowest BCUT2D eigenvalue weighted by Crippen LogP contribution is -2.19. The Morgan fingerprint density at radius 1 is 1.00 bits per heavy atom. The van der Waals surface area contributed by atoms with Crippen LogP contribution < -0.4 is 0 Å². The summed E-state index contributed by atoms with van der Waals surface area (Å²) in [6.07, 6.45) is -0.810. The molecule has 2 aliphatic rings. The van der Waals surface area contributed by atoms with Crippen molar-refractivity contribution < 1.29 is 28.5 Å². The molecule has 0 aromatic rings. The minimum absolute atomic E-state index is 0.0666. The first-order valence-electron chi connectivity index (χ1n) is 4.34. The third-order valence-corrected chi connectivity index (χ3v) is 1.76. The van der Waals surface area contributed by atoms with Crippen molar-refractivity contribution in [1.82, 2.24) is 0 Å². The van der Waals surface area contributed by atoms with E-state index in [1.165, 1.54) is 0 Å². The monoisotopic (exact) mass is 202 g/mol. The molecule has 2 aliphatic heterocycles. The van der Waals surface area contributed by atoms with Gasteiger partial charge in [-0.1, -0.05) is 0 Å². The first-order chi connectivity index (χ1) is 6.77. The Morgan fingerprint density at radius 2 is 1.36 bits per heavy atom. The second kappa shape index (κ2) is 3.93. The number of epoxide rings is 2. The number of esters is 2. The van der Waals surface area contributed by atoms with E-state index in [0.717, 1.165) is 0 Å². The topological polar surface area (TPSA) is 77.7 Å². The summed E-state index contributed by atoms with van der Waals surface area (Å²) in [7, 11) is 0. The smallest absolute Gasteiger partial charge is 0.337 e.